The first kappa shape index (κ1) is 20.5. The summed E-state index contributed by atoms with van der Waals surface area (Å²) in [5.74, 6) is -1.24. The molecule has 27 heavy (non-hydrogen) atoms. The van der Waals surface area contributed by atoms with E-state index in [1.54, 1.807) is 19.9 Å². The lowest BCUT2D eigenvalue weighted by molar-refractivity contribution is -0.305. The molecule has 1 amide bonds. The Bertz CT molecular complexity index is 886. The van der Waals surface area contributed by atoms with Crippen LogP contribution in [0.5, 0.6) is 5.75 Å². The molecular formula is C20H24NO6-. The molecule has 2 aromatic rings. The molecule has 0 bridgehead atoms. The Morgan fingerprint density at radius 2 is 2.07 bits per heavy atom. The Kier molecular flexibility index (Phi) is 6.98. The van der Waals surface area contributed by atoms with Crippen molar-refractivity contribution in [3.05, 3.63) is 39.7 Å². The van der Waals surface area contributed by atoms with Gasteiger partial charge in [-0.3, -0.25) is 4.79 Å². The van der Waals surface area contributed by atoms with E-state index in [1.807, 2.05) is 6.07 Å². The fourth-order valence-electron chi connectivity index (χ4n) is 2.79. The van der Waals surface area contributed by atoms with Crippen LogP contribution < -0.4 is 20.8 Å². The zero-order valence-corrected chi connectivity index (χ0v) is 15.8. The molecule has 0 fully saturated rings. The summed E-state index contributed by atoms with van der Waals surface area (Å²) >= 11 is 0. The molecule has 0 unspecified atom stereocenters. The van der Waals surface area contributed by atoms with Gasteiger partial charge in [-0.15, -0.1) is 0 Å². The first-order valence-electron chi connectivity index (χ1n) is 9.04. The topological polar surface area (TPSA) is 109 Å². The van der Waals surface area contributed by atoms with E-state index in [0.717, 1.165) is 30.2 Å². The normalized spacial score (nSPS) is 12.0. The lowest BCUT2D eigenvalue weighted by Gasteiger charge is -2.17. The number of carbonyl (C=O) groups excluding carboxylic acids is 2. The van der Waals surface area contributed by atoms with E-state index in [4.69, 9.17) is 9.15 Å². The van der Waals surface area contributed by atoms with Crippen LogP contribution >= 0.6 is 0 Å². The van der Waals surface area contributed by atoms with E-state index >= 15 is 0 Å². The molecule has 1 N–H and O–H groups in total. The van der Waals surface area contributed by atoms with Crippen molar-refractivity contribution >= 4 is 22.8 Å². The number of carboxylic acid groups (broad SMARTS) is 1. The van der Waals surface area contributed by atoms with Gasteiger partial charge in [0.2, 0.25) is 0 Å². The van der Waals surface area contributed by atoms with Gasteiger partial charge in [-0.2, -0.15) is 0 Å². The monoisotopic (exact) mass is 374 g/mol. The van der Waals surface area contributed by atoms with Gasteiger partial charge in [-0.25, -0.2) is 4.79 Å². The summed E-state index contributed by atoms with van der Waals surface area (Å²) in [7, 11) is 0. The van der Waals surface area contributed by atoms with Crippen LogP contribution in [0, 0.1) is 6.92 Å². The Hall–Kier alpha value is -2.83. The number of nitrogens with one attached hydrogen (secondary N) is 1. The highest BCUT2D eigenvalue weighted by atomic mass is 16.5. The van der Waals surface area contributed by atoms with Crippen LogP contribution in [0.4, 0.5) is 0 Å². The zero-order valence-electron chi connectivity index (χ0n) is 15.8. The summed E-state index contributed by atoms with van der Waals surface area (Å²) in [6.07, 6.45) is 1.68. The number of aryl methyl sites for hydroxylation is 2. The molecule has 0 aliphatic carbocycles. The van der Waals surface area contributed by atoms with Gasteiger partial charge in [0, 0.05) is 36.0 Å². The lowest BCUT2D eigenvalue weighted by Crippen LogP contribution is -2.38. The maximum Gasteiger partial charge on any atom is 0.336 e. The van der Waals surface area contributed by atoms with E-state index in [-0.39, 0.29) is 13.0 Å². The Labute approximate surface area is 157 Å². The number of aliphatic carboxylic acids is 1. The molecule has 0 radical (unpaired) electrons. The number of ether oxygens (including phenoxy) is 1. The van der Waals surface area contributed by atoms with Gasteiger partial charge in [-0.05, 0) is 44.4 Å². The van der Waals surface area contributed by atoms with Gasteiger partial charge >= 0.3 is 5.63 Å². The number of unbranched alkanes of at least 4 members (excludes halogenated alkanes) is 1. The van der Waals surface area contributed by atoms with Crippen molar-refractivity contribution in [2.75, 3.05) is 6.54 Å². The van der Waals surface area contributed by atoms with Crippen LogP contribution in [0.2, 0.25) is 0 Å². The van der Waals surface area contributed by atoms with Crippen molar-refractivity contribution in [1.82, 2.24) is 5.32 Å². The quantitative estimate of drug-likeness (QED) is 0.666. The molecule has 0 aliphatic heterocycles. The van der Waals surface area contributed by atoms with Crippen LogP contribution in [-0.4, -0.2) is 24.5 Å². The summed E-state index contributed by atoms with van der Waals surface area (Å²) in [5.41, 5.74) is 1.61. The molecule has 0 saturated carbocycles. The lowest BCUT2D eigenvalue weighted by atomic mass is 10.0. The molecule has 1 heterocycles. The van der Waals surface area contributed by atoms with Gasteiger partial charge in [0.15, 0.2) is 6.10 Å². The highest BCUT2D eigenvalue weighted by Crippen LogP contribution is 2.29. The van der Waals surface area contributed by atoms with Gasteiger partial charge in [0.1, 0.15) is 11.3 Å². The minimum atomic E-state index is -1.23. The molecule has 1 aromatic heterocycles. The van der Waals surface area contributed by atoms with E-state index < -0.39 is 23.6 Å². The summed E-state index contributed by atoms with van der Waals surface area (Å²) in [5, 5.41) is 13.7. The highest BCUT2D eigenvalue weighted by molar-refractivity contribution is 5.85. The molecule has 0 spiro atoms. The SMILES string of the molecule is CCCCc1cc(=O)oc2c(C)c(O[C@H](C)C(=O)NCCC(=O)[O-])ccc12. The molecular weight excluding hydrogens is 350 g/mol. The van der Waals surface area contributed by atoms with Gasteiger partial charge in [0.05, 0.1) is 0 Å². The van der Waals surface area contributed by atoms with E-state index in [1.165, 1.54) is 6.07 Å². The third-order valence-corrected chi connectivity index (χ3v) is 4.30. The number of amides is 1. The van der Waals surface area contributed by atoms with Crippen molar-refractivity contribution in [2.45, 2.75) is 52.6 Å². The fraction of sp³-hybridized carbons (Fsp3) is 0.450. The second-order valence-electron chi connectivity index (χ2n) is 6.43. The standard InChI is InChI=1S/C20H25NO6/c1-4-5-6-14-11-18(24)27-19-12(2)16(8-7-15(14)19)26-13(3)20(25)21-10-9-17(22)23/h7-8,11,13H,4-6,9-10H2,1-3H3,(H,21,25)(H,22,23)/p-1/t13-/m1/s1. The molecule has 7 heteroatoms. The van der Waals surface area contributed by atoms with Crippen molar-refractivity contribution < 1.29 is 23.8 Å². The Morgan fingerprint density at radius 3 is 2.74 bits per heavy atom. The van der Waals surface area contributed by atoms with E-state index in [0.29, 0.717) is 16.9 Å². The predicted octanol–water partition coefficient (Wildman–Crippen LogP) is 1.47. The van der Waals surface area contributed by atoms with E-state index in [2.05, 4.69) is 12.2 Å². The van der Waals surface area contributed by atoms with Crippen molar-refractivity contribution in [3.63, 3.8) is 0 Å². The summed E-state index contributed by atoms with van der Waals surface area (Å²) in [6, 6.07) is 5.09. The minimum absolute atomic E-state index is 0.0266. The smallest absolute Gasteiger partial charge is 0.336 e. The van der Waals surface area contributed by atoms with Crippen LogP contribution in [-0.2, 0) is 16.0 Å². The predicted molar refractivity (Wildman–Crippen MR) is 98.6 cm³/mol. The molecule has 1 atom stereocenters. The first-order valence-corrected chi connectivity index (χ1v) is 9.04. The molecule has 7 nitrogen and oxygen atoms in total. The number of carboxylic acids is 1. The van der Waals surface area contributed by atoms with Crippen molar-refractivity contribution in [3.8, 4) is 5.75 Å². The van der Waals surface area contributed by atoms with Crippen LogP contribution in [0.25, 0.3) is 11.0 Å². The van der Waals surface area contributed by atoms with Crippen LogP contribution in [0.3, 0.4) is 0 Å². The van der Waals surface area contributed by atoms with Crippen molar-refractivity contribution in [2.24, 2.45) is 0 Å². The second-order valence-corrected chi connectivity index (χ2v) is 6.43. The molecule has 1 aromatic carbocycles. The highest BCUT2D eigenvalue weighted by Gasteiger charge is 2.17. The van der Waals surface area contributed by atoms with Crippen molar-refractivity contribution in [1.29, 1.82) is 0 Å². The maximum atomic E-state index is 12.0. The molecule has 0 saturated heterocycles. The largest absolute Gasteiger partial charge is 0.550 e. The average Bonchev–Trinajstić information content (AvgIpc) is 2.61. The average molecular weight is 374 g/mol. The maximum absolute atomic E-state index is 12.0. The molecule has 2 rings (SSSR count). The van der Waals surface area contributed by atoms with Gasteiger partial charge < -0.3 is 24.4 Å². The van der Waals surface area contributed by atoms with Crippen LogP contribution in [0.15, 0.2) is 27.4 Å². The Morgan fingerprint density at radius 1 is 1.33 bits per heavy atom. The fourth-order valence-corrected chi connectivity index (χ4v) is 2.79. The Balaban J connectivity index is 2.22. The number of carbonyl (C=O) groups is 2. The number of hydrogen-bond donors (Lipinski definition) is 1. The summed E-state index contributed by atoms with van der Waals surface area (Å²) in [6.45, 7) is 5.39. The molecule has 0 aliphatic rings. The van der Waals surface area contributed by atoms with Gasteiger partial charge in [-0.1, -0.05) is 13.3 Å². The summed E-state index contributed by atoms with van der Waals surface area (Å²) in [4.78, 5) is 34.3. The number of rotatable bonds is 9. The second kappa shape index (κ2) is 9.21. The minimum Gasteiger partial charge on any atom is -0.550 e. The zero-order chi connectivity index (χ0) is 20.0. The third-order valence-electron chi connectivity index (χ3n) is 4.30. The third kappa shape index (κ3) is 5.32. The molecule has 146 valence electrons. The number of hydrogen-bond acceptors (Lipinski definition) is 6. The van der Waals surface area contributed by atoms with Crippen LogP contribution in [0.1, 0.15) is 44.2 Å². The van der Waals surface area contributed by atoms with Gasteiger partial charge in [0.25, 0.3) is 5.91 Å². The van der Waals surface area contributed by atoms with E-state index in [9.17, 15) is 19.5 Å². The first-order chi connectivity index (χ1) is 12.8. The summed E-state index contributed by atoms with van der Waals surface area (Å²) < 4.78 is 11.1. The number of fused-ring (bicyclic) bond motifs is 1. The number of benzene rings is 1.